The lowest BCUT2D eigenvalue weighted by Crippen LogP contribution is -2.28. The highest BCUT2D eigenvalue weighted by atomic mass is 16.6. The van der Waals surface area contributed by atoms with Crippen molar-refractivity contribution < 1.29 is 24.2 Å². The van der Waals surface area contributed by atoms with E-state index in [4.69, 9.17) is 9.47 Å². The van der Waals surface area contributed by atoms with Crippen molar-refractivity contribution in [1.29, 1.82) is 0 Å². The molecule has 0 aliphatic carbocycles. The second-order valence-corrected chi connectivity index (χ2v) is 17.6. The summed E-state index contributed by atoms with van der Waals surface area (Å²) in [6.45, 7) is 4.10. The van der Waals surface area contributed by atoms with Crippen molar-refractivity contribution in [3.8, 4) is 0 Å². The van der Waals surface area contributed by atoms with E-state index in [9.17, 15) is 14.7 Å². The molecule has 342 valence electrons. The van der Waals surface area contributed by atoms with E-state index in [1.54, 1.807) is 0 Å². The number of aliphatic hydroxyl groups is 1. The van der Waals surface area contributed by atoms with Crippen LogP contribution in [0.4, 0.5) is 0 Å². The number of hydrogen-bond donors (Lipinski definition) is 1. The zero-order valence-electron chi connectivity index (χ0n) is 39.1. The number of carbonyl (C=O) groups excluding carboxylic acids is 2. The summed E-state index contributed by atoms with van der Waals surface area (Å²) in [7, 11) is 0. The van der Waals surface area contributed by atoms with Gasteiger partial charge in [-0.2, -0.15) is 0 Å². The van der Waals surface area contributed by atoms with Crippen LogP contribution in [0.25, 0.3) is 0 Å². The van der Waals surface area contributed by atoms with E-state index in [0.717, 1.165) is 57.8 Å². The van der Waals surface area contributed by atoms with E-state index in [1.807, 2.05) is 0 Å². The Morgan fingerprint density at radius 3 is 1.09 bits per heavy atom. The van der Waals surface area contributed by atoms with Crippen molar-refractivity contribution in [2.24, 2.45) is 0 Å². The molecule has 0 aliphatic heterocycles. The second kappa shape index (κ2) is 49.7. The predicted octanol–water partition coefficient (Wildman–Crippen LogP) is 17.0. The third-order valence-electron chi connectivity index (χ3n) is 11.7. The minimum Gasteiger partial charge on any atom is -0.462 e. The zero-order valence-corrected chi connectivity index (χ0v) is 39.1. The molecule has 0 spiro atoms. The van der Waals surface area contributed by atoms with E-state index < -0.39 is 6.10 Å². The smallest absolute Gasteiger partial charge is 0.306 e. The number of carbonyl (C=O) groups is 2. The average Bonchev–Trinajstić information content (AvgIpc) is 3.23. The average molecular weight is 817 g/mol. The molecule has 0 saturated heterocycles. The third kappa shape index (κ3) is 47.1. The highest BCUT2D eigenvalue weighted by Crippen LogP contribution is 2.17. The number of allylic oxidation sites excluding steroid dienone is 4. The van der Waals surface area contributed by atoms with E-state index in [-0.39, 0.29) is 25.2 Å². The quantitative estimate of drug-likeness (QED) is 0.0376. The normalized spacial score (nSPS) is 12.3. The highest BCUT2D eigenvalue weighted by Gasteiger charge is 2.16. The summed E-state index contributed by atoms with van der Waals surface area (Å²) in [5.41, 5.74) is 0. The lowest BCUT2D eigenvalue weighted by molar-refractivity contribution is -0.161. The molecule has 0 radical (unpaired) electrons. The maximum Gasteiger partial charge on any atom is 0.306 e. The summed E-state index contributed by atoms with van der Waals surface area (Å²) in [5, 5.41) is 9.59. The fraction of sp³-hybridized carbons (Fsp3) is 0.887. The van der Waals surface area contributed by atoms with Gasteiger partial charge in [-0.3, -0.25) is 9.59 Å². The van der Waals surface area contributed by atoms with Crippen LogP contribution in [0.5, 0.6) is 0 Å². The maximum atomic E-state index is 12.2. The minimum absolute atomic E-state index is 0.0669. The number of ether oxygens (including phenoxy) is 2. The SMILES string of the molecule is CCC/C=C\C/C=C\CCCCCCCC(=O)OC(CO)COC(=O)CCCCCCCCCCCCCCCCCCCCCCCCCCCCCCCCC. The Balaban J connectivity index is 3.38. The first-order chi connectivity index (χ1) is 28.6. The lowest BCUT2D eigenvalue weighted by atomic mass is 10.0. The van der Waals surface area contributed by atoms with Crippen LogP contribution in [-0.2, 0) is 19.1 Å². The van der Waals surface area contributed by atoms with Crippen LogP contribution in [0.15, 0.2) is 24.3 Å². The van der Waals surface area contributed by atoms with Crippen LogP contribution in [-0.4, -0.2) is 36.4 Å². The van der Waals surface area contributed by atoms with Crippen molar-refractivity contribution in [2.45, 2.75) is 290 Å². The number of aliphatic hydroxyl groups excluding tert-OH is 1. The molecule has 0 bridgehead atoms. The molecule has 0 aliphatic rings. The number of hydrogen-bond acceptors (Lipinski definition) is 5. The van der Waals surface area contributed by atoms with Gasteiger partial charge in [-0.15, -0.1) is 0 Å². The van der Waals surface area contributed by atoms with Crippen molar-refractivity contribution in [3.05, 3.63) is 24.3 Å². The van der Waals surface area contributed by atoms with Crippen LogP contribution < -0.4 is 0 Å². The molecule has 0 saturated carbocycles. The van der Waals surface area contributed by atoms with E-state index in [0.29, 0.717) is 12.8 Å². The van der Waals surface area contributed by atoms with Gasteiger partial charge in [0.2, 0.25) is 0 Å². The van der Waals surface area contributed by atoms with Crippen LogP contribution >= 0.6 is 0 Å². The first-order valence-corrected chi connectivity index (χ1v) is 25.9. The summed E-state index contributed by atoms with van der Waals surface area (Å²) in [6, 6.07) is 0. The summed E-state index contributed by atoms with van der Waals surface area (Å²) >= 11 is 0. The Morgan fingerprint density at radius 2 is 0.724 bits per heavy atom. The molecule has 0 fully saturated rings. The fourth-order valence-electron chi connectivity index (χ4n) is 7.83. The number of esters is 2. The standard InChI is InChI=1S/C53H100O5/c1-3-5-7-9-11-13-15-17-18-19-20-21-22-23-24-25-26-27-28-29-30-31-32-33-34-36-37-39-41-43-45-47-52(55)57-50-51(49-54)58-53(56)48-46-44-42-40-38-35-16-14-12-10-8-6-4-2/h8,10,14,16,51,54H,3-7,9,11-13,15,17-50H2,1-2H3/b10-8-,16-14-. The molecule has 5 heteroatoms. The molecule has 0 rings (SSSR count). The van der Waals surface area contributed by atoms with Crippen molar-refractivity contribution >= 4 is 11.9 Å². The lowest BCUT2D eigenvalue weighted by Gasteiger charge is -2.15. The first kappa shape index (κ1) is 56.4. The number of rotatable bonds is 48. The van der Waals surface area contributed by atoms with Crippen LogP contribution in [0.3, 0.4) is 0 Å². The van der Waals surface area contributed by atoms with Gasteiger partial charge in [-0.25, -0.2) is 0 Å². The molecule has 0 aromatic heterocycles. The molecular weight excluding hydrogens is 717 g/mol. The molecule has 0 heterocycles. The van der Waals surface area contributed by atoms with Gasteiger partial charge >= 0.3 is 11.9 Å². The fourth-order valence-corrected chi connectivity index (χ4v) is 7.83. The van der Waals surface area contributed by atoms with Gasteiger partial charge in [0.15, 0.2) is 6.10 Å². The summed E-state index contributed by atoms with van der Waals surface area (Å²) < 4.78 is 10.6. The Hall–Kier alpha value is -1.62. The second-order valence-electron chi connectivity index (χ2n) is 17.6. The molecule has 0 amide bonds. The Bertz CT molecular complexity index is 882. The van der Waals surface area contributed by atoms with Crippen molar-refractivity contribution in [3.63, 3.8) is 0 Å². The Kier molecular flexibility index (Phi) is 48.4. The van der Waals surface area contributed by atoms with Crippen molar-refractivity contribution in [1.82, 2.24) is 0 Å². The van der Waals surface area contributed by atoms with Crippen LogP contribution in [0, 0.1) is 0 Å². The summed E-state index contributed by atoms with van der Waals surface area (Å²) in [5.74, 6) is -0.594. The maximum absolute atomic E-state index is 12.2. The zero-order chi connectivity index (χ0) is 42.1. The van der Waals surface area contributed by atoms with Crippen molar-refractivity contribution in [2.75, 3.05) is 13.2 Å². The van der Waals surface area contributed by atoms with E-state index in [1.165, 1.54) is 199 Å². The topological polar surface area (TPSA) is 72.8 Å². The van der Waals surface area contributed by atoms with Gasteiger partial charge < -0.3 is 14.6 Å². The molecular formula is C53H100O5. The van der Waals surface area contributed by atoms with E-state index in [2.05, 4.69) is 38.2 Å². The molecule has 5 nitrogen and oxygen atoms in total. The highest BCUT2D eigenvalue weighted by molar-refractivity contribution is 5.70. The van der Waals surface area contributed by atoms with Gasteiger partial charge in [-0.05, 0) is 38.5 Å². The van der Waals surface area contributed by atoms with Gasteiger partial charge in [0.1, 0.15) is 6.61 Å². The molecule has 0 aromatic rings. The summed E-state index contributed by atoms with van der Waals surface area (Å²) in [6.07, 6.45) is 61.6. The van der Waals surface area contributed by atoms with E-state index >= 15 is 0 Å². The summed E-state index contributed by atoms with van der Waals surface area (Å²) in [4.78, 5) is 24.4. The first-order valence-electron chi connectivity index (χ1n) is 25.9. The third-order valence-corrected chi connectivity index (χ3v) is 11.7. The van der Waals surface area contributed by atoms with Gasteiger partial charge in [0.05, 0.1) is 6.61 Å². The molecule has 58 heavy (non-hydrogen) atoms. The molecule has 1 atom stereocenters. The molecule has 0 aromatic carbocycles. The number of unbranched alkanes of at least 4 members (excludes halogenated alkanes) is 36. The van der Waals surface area contributed by atoms with Gasteiger partial charge in [0.25, 0.3) is 0 Å². The van der Waals surface area contributed by atoms with Gasteiger partial charge in [-0.1, -0.05) is 256 Å². The predicted molar refractivity (Wildman–Crippen MR) is 251 cm³/mol. The largest absolute Gasteiger partial charge is 0.462 e. The van der Waals surface area contributed by atoms with Crippen LogP contribution in [0.1, 0.15) is 284 Å². The Labute approximate surface area is 362 Å². The molecule has 1 unspecified atom stereocenters. The molecule has 1 N–H and O–H groups in total. The Morgan fingerprint density at radius 1 is 0.397 bits per heavy atom. The van der Waals surface area contributed by atoms with Gasteiger partial charge in [0, 0.05) is 12.8 Å². The van der Waals surface area contributed by atoms with Crippen LogP contribution in [0.2, 0.25) is 0 Å². The monoisotopic (exact) mass is 817 g/mol. The minimum atomic E-state index is -0.775.